The Labute approximate surface area is 128 Å². The standard InChI is InChI=1S/C15H20N2O3S/c1-11-5-6-12-13(9-11)17(7-3-4-8-20-2)15(16-12)21-10-14(18)19/h5-6,9H,3-4,7-8,10H2,1-2H3,(H,18,19). The van der Waals surface area contributed by atoms with E-state index in [4.69, 9.17) is 9.84 Å². The summed E-state index contributed by atoms with van der Waals surface area (Å²) in [5, 5.41) is 9.63. The van der Waals surface area contributed by atoms with Crippen LogP contribution >= 0.6 is 11.8 Å². The zero-order valence-electron chi connectivity index (χ0n) is 12.3. The molecule has 1 aromatic heterocycles. The second kappa shape index (κ2) is 7.47. The van der Waals surface area contributed by atoms with E-state index in [-0.39, 0.29) is 5.75 Å². The Balaban J connectivity index is 2.24. The molecule has 0 aliphatic heterocycles. The first-order valence-corrected chi connectivity index (χ1v) is 7.91. The van der Waals surface area contributed by atoms with Crippen LogP contribution in [0.3, 0.4) is 0 Å². The van der Waals surface area contributed by atoms with Crippen LogP contribution in [0.1, 0.15) is 18.4 Å². The smallest absolute Gasteiger partial charge is 0.313 e. The zero-order chi connectivity index (χ0) is 15.2. The van der Waals surface area contributed by atoms with Crippen molar-refractivity contribution in [2.75, 3.05) is 19.5 Å². The van der Waals surface area contributed by atoms with Gasteiger partial charge in [0.1, 0.15) is 0 Å². The number of aryl methyl sites for hydroxylation is 2. The van der Waals surface area contributed by atoms with Crippen LogP contribution in [-0.2, 0) is 16.1 Å². The fourth-order valence-electron chi connectivity index (χ4n) is 2.18. The predicted molar refractivity (Wildman–Crippen MR) is 83.9 cm³/mol. The molecule has 0 fully saturated rings. The first-order chi connectivity index (χ1) is 10.1. The van der Waals surface area contributed by atoms with Gasteiger partial charge in [-0.15, -0.1) is 0 Å². The Morgan fingerprint density at radius 1 is 1.43 bits per heavy atom. The molecule has 0 unspecified atom stereocenters. The first kappa shape index (κ1) is 15.9. The maximum atomic E-state index is 10.8. The first-order valence-electron chi connectivity index (χ1n) is 6.92. The monoisotopic (exact) mass is 308 g/mol. The summed E-state index contributed by atoms with van der Waals surface area (Å²) in [6, 6.07) is 6.11. The van der Waals surface area contributed by atoms with Crippen LogP contribution in [0.5, 0.6) is 0 Å². The molecule has 0 atom stereocenters. The van der Waals surface area contributed by atoms with Crippen LogP contribution in [0.25, 0.3) is 11.0 Å². The second-order valence-corrected chi connectivity index (χ2v) is 5.86. The van der Waals surface area contributed by atoms with E-state index in [1.807, 2.05) is 19.1 Å². The molecule has 6 heteroatoms. The molecule has 2 aromatic rings. The van der Waals surface area contributed by atoms with E-state index in [9.17, 15) is 4.79 Å². The Bertz CT molecular complexity index is 625. The number of aromatic nitrogens is 2. The number of ether oxygens (including phenoxy) is 1. The summed E-state index contributed by atoms with van der Waals surface area (Å²) in [6.45, 7) is 3.61. The van der Waals surface area contributed by atoms with Crippen molar-refractivity contribution in [3.63, 3.8) is 0 Å². The molecular formula is C15H20N2O3S. The van der Waals surface area contributed by atoms with Gasteiger partial charge in [-0.25, -0.2) is 4.98 Å². The number of rotatable bonds is 8. The Kier molecular flexibility index (Phi) is 5.64. The molecule has 21 heavy (non-hydrogen) atoms. The number of aliphatic carboxylic acids is 1. The summed E-state index contributed by atoms with van der Waals surface area (Å²) in [4.78, 5) is 15.3. The lowest BCUT2D eigenvalue weighted by Gasteiger charge is -2.08. The summed E-state index contributed by atoms with van der Waals surface area (Å²) in [7, 11) is 1.70. The number of imidazole rings is 1. The lowest BCUT2D eigenvalue weighted by atomic mass is 10.2. The summed E-state index contributed by atoms with van der Waals surface area (Å²) in [6.07, 6.45) is 1.96. The topological polar surface area (TPSA) is 64.3 Å². The molecule has 2 rings (SSSR count). The zero-order valence-corrected chi connectivity index (χ0v) is 13.2. The van der Waals surface area contributed by atoms with Gasteiger partial charge in [0.05, 0.1) is 16.8 Å². The molecular weight excluding hydrogens is 288 g/mol. The molecule has 0 aliphatic carbocycles. The minimum atomic E-state index is -0.825. The molecule has 0 bridgehead atoms. The lowest BCUT2D eigenvalue weighted by Crippen LogP contribution is -2.04. The van der Waals surface area contributed by atoms with E-state index in [0.29, 0.717) is 0 Å². The molecule has 1 heterocycles. The second-order valence-electron chi connectivity index (χ2n) is 4.92. The van der Waals surface area contributed by atoms with Crippen molar-refractivity contribution in [2.24, 2.45) is 0 Å². The fourth-order valence-corrected chi connectivity index (χ4v) is 2.94. The number of unbranched alkanes of at least 4 members (excludes halogenated alkanes) is 1. The molecule has 0 radical (unpaired) electrons. The normalized spacial score (nSPS) is 11.1. The largest absolute Gasteiger partial charge is 0.481 e. The van der Waals surface area contributed by atoms with Gasteiger partial charge in [-0.2, -0.15) is 0 Å². The van der Waals surface area contributed by atoms with E-state index in [2.05, 4.69) is 15.6 Å². The average molecular weight is 308 g/mol. The molecule has 0 amide bonds. The minimum Gasteiger partial charge on any atom is -0.481 e. The van der Waals surface area contributed by atoms with Gasteiger partial charge in [0.15, 0.2) is 5.16 Å². The van der Waals surface area contributed by atoms with Crippen LogP contribution in [0.15, 0.2) is 23.4 Å². The Morgan fingerprint density at radius 3 is 2.95 bits per heavy atom. The highest BCUT2D eigenvalue weighted by Crippen LogP contribution is 2.25. The number of fused-ring (bicyclic) bond motifs is 1. The molecule has 1 N–H and O–H groups in total. The third-order valence-corrected chi connectivity index (χ3v) is 4.13. The van der Waals surface area contributed by atoms with Crippen LogP contribution in [0.2, 0.25) is 0 Å². The van der Waals surface area contributed by atoms with Crippen molar-refractivity contribution >= 4 is 28.8 Å². The highest BCUT2D eigenvalue weighted by molar-refractivity contribution is 7.99. The van der Waals surface area contributed by atoms with Crippen molar-refractivity contribution < 1.29 is 14.6 Å². The van der Waals surface area contributed by atoms with E-state index >= 15 is 0 Å². The number of carboxylic acid groups (broad SMARTS) is 1. The number of carboxylic acids is 1. The van der Waals surface area contributed by atoms with E-state index < -0.39 is 5.97 Å². The van der Waals surface area contributed by atoms with Crippen LogP contribution in [-0.4, -0.2) is 40.1 Å². The van der Waals surface area contributed by atoms with E-state index in [0.717, 1.165) is 42.2 Å². The van der Waals surface area contributed by atoms with Gasteiger partial charge >= 0.3 is 5.97 Å². The molecule has 114 valence electrons. The SMILES string of the molecule is COCCCCn1c(SCC(=O)O)nc2ccc(C)cc21. The number of carbonyl (C=O) groups is 1. The maximum absolute atomic E-state index is 10.8. The van der Waals surface area contributed by atoms with Gasteiger partial charge in [-0.05, 0) is 37.5 Å². The van der Waals surface area contributed by atoms with Crippen LogP contribution in [0.4, 0.5) is 0 Å². The molecule has 0 saturated carbocycles. The number of hydrogen-bond donors (Lipinski definition) is 1. The highest BCUT2D eigenvalue weighted by Gasteiger charge is 2.12. The molecule has 5 nitrogen and oxygen atoms in total. The van der Waals surface area contributed by atoms with Gasteiger partial charge in [0, 0.05) is 20.3 Å². The van der Waals surface area contributed by atoms with Crippen LogP contribution < -0.4 is 0 Å². The van der Waals surface area contributed by atoms with E-state index in [1.54, 1.807) is 7.11 Å². The Hall–Kier alpha value is -1.53. The summed E-state index contributed by atoms with van der Waals surface area (Å²) in [5.41, 5.74) is 3.16. The summed E-state index contributed by atoms with van der Waals surface area (Å²) in [5.74, 6) is -0.797. The summed E-state index contributed by atoms with van der Waals surface area (Å²) >= 11 is 1.27. The lowest BCUT2D eigenvalue weighted by molar-refractivity contribution is -0.133. The van der Waals surface area contributed by atoms with Gasteiger partial charge in [-0.3, -0.25) is 4.79 Å². The predicted octanol–water partition coefficient (Wildman–Crippen LogP) is 2.95. The van der Waals surface area contributed by atoms with Gasteiger partial charge in [0.25, 0.3) is 0 Å². The third kappa shape index (κ3) is 4.22. The minimum absolute atomic E-state index is 0.0281. The number of nitrogens with zero attached hydrogens (tertiary/aromatic N) is 2. The van der Waals surface area contributed by atoms with Gasteiger partial charge in [0.2, 0.25) is 0 Å². The number of hydrogen-bond acceptors (Lipinski definition) is 4. The van der Waals surface area contributed by atoms with Crippen molar-refractivity contribution in [1.82, 2.24) is 9.55 Å². The number of benzene rings is 1. The van der Waals surface area contributed by atoms with Crippen molar-refractivity contribution in [1.29, 1.82) is 0 Å². The fraction of sp³-hybridized carbons (Fsp3) is 0.467. The molecule has 1 aromatic carbocycles. The number of methoxy groups -OCH3 is 1. The number of thioether (sulfide) groups is 1. The van der Waals surface area contributed by atoms with Gasteiger partial charge in [-0.1, -0.05) is 17.8 Å². The van der Waals surface area contributed by atoms with Gasteiger partial charge < -0.3 is 14.4 Å². The maximum Gasteiger partial charge on any atom is 0.313 e. The molecule has 0 spiro atoms. The average Bonchev–Trinajstić information content (AvgIpc) is 2.78. The van der Waals surface area contributed by atoms with Crippen molar-refractivity contribution in [3.8, 4) is 0 Å². The van der Waals surface area contributed by atoms with Crippen LogP contribution in [0, 0.1) is 6.92 Å². The Morgan fingerprint density at radius 2 is 2.24 bits per heavy atom. The molecule has 0 aliphatic rings. The van der Waals surface area contributed by atoms with E-state index in [1.165, 1.54) is 17.3 Å². The van der Waals surface area contributed by atoms with Crippen molar-refractivity contribution in [3.05, 3.63) is 23.8 Å². The summed E-state index contributed by atoms with van der Waals surface area (Å²) < 4.78 is 7.19. The van der Waals surface area contributed by atoms with Crippen molar-refractivity contribution in [2.45, 2.75) is 31.5 Å². The highest BCUT2D eigenvalue weighted by atomic mass is 32.2. The quantitative estimate of drug-likeness (QED) is 0.600. The molecule has 0 saturated heterocycles. The third-order valence-electron chi connectivity index (χ3n) is 3.17.